The van der Waals surface area contributed by atoms with Crippen LogP contribution in [0.3, 0.4) is 0 Å². The fourth-order valence-electron chi connectivity index (χ4n) is 3.63. The molecule has 0 radical (unpaired) electrons. The summed E-state index contributed by atoms with van der Waals surface area (Å²) in [7, 11) is 0. The number of halogens is 1. The van der Waals surface area contributed by atoms with E-state index >= 15 is 0 Å². The Morgan fingerprint density at radius 2 is 2.27 bits per heavy atom. The van der Waals surface area contributed by atoms with Gasteiger partial charge in [0.2, 0.25) is 5.91 Å². The summed E-state index contributed by atoms with van der Waals surface area (Å²) < 4.78 is 20.1. The van der Waals surface area contributed by atoms with Crippen LogP contribution < -0.4 is 10.2 Å². The number of nitrogens with zero attached hydrogens (tertiary/aromatic N) is 4. The van der Waals surface area contributed by atoms with Gasteiger partial charge in [-0.1, -0.05) is 12.1 Å². The quantitative estimate of drug-likeness (QED) is 0.643. The third-order valence-electron chi connectivity index (χ3n) is 5.22. The number of amides is 1. The van der Waals surface area contributed by atoms with Gasteiger partial charge in [-0.2, -0.15) is 4.98 Å². The molecule has 1 amide bonds. The molecule has 1 aliphatic heterocycles. The van der Waals surface area contributed by atoms with Crippen molar-refractivity contribution in [1.82, 2.24) is 20.4 Å². The molecule has 30 heavy (non-hydrogen) atoms. The predicted molar refractivity (Wildman–Crippen MR) is 113 cm³/mol. The largest absolute Gasteiger partial charge is 0.368 e. The van der Waals surface area contributed by atoms with E-state index in [4.69, 9.17) is 4.52 Å². The summed E-state index contributed by atoms with van der Waals surface area (Å²) in [6.45, 7) is 5.49. The van der Waals surface area contributed by atoms with Gasteiger partial charge >= 0.3 is 0 Å². The predicted octanol–water partition coefficient (Wildman–Crippen LogP) is 3.74. The summed E-state index contributed by atoms with van der Waals surface area (Å²) in [4.78, 5) is 23.2. The third-order valence-corrected chi connectivity index (χ3v) is 6.04. The topological polar surface area (TPSA) is 84.2 Å². The molecule has 7 nitrogen and oxygen atoms in total. The number of carbonyl (C=O) groups is 1. The highest BCUT2D eigenvalue weighted by Crippen LogP contribution is 2.29. The van der Waals surface area contributed by atoms with E-state index in [2.05, 4.69) is 20.4 Å². The van der Waals surface area contributed by atoms with Crippen LogP contribution in [0, 0.1) is 18.7 Å². The maximum atomic E-state index is 14.9. The zero-order valence-electron chi connectivity index (χ0n) is 17.0. The highest BCUT2D eigenvalue weighted by Gasteiger charge is 2.27. The first-order chi connectivity index (χ1) is 14.5. The molecule has 1 N–H and O–H groups in total. The lowest BCUT2D eigenvalue weighted by Crippen LogP contribution is -2.43. The first-order valence-corrected chi connectivity index (χ1v) is 11.0. The van der Waals surface area contributed by atoms with Crippen molar-refractivity contribution >= 4 is 22.9 Å². The Hall–Kier alpha value is -2.81. The van der Waals surface area contributed by atoms with Crippen LogP contribution in [0.25, 0.3) is 11.5 Å². The Kier molecular flexibility index (Phi) is 6.08. The second-order valence-corrected chi connectivity index (χ2v) is 8.46. The fourth-order valence-corrected chi connectivity index (χ4v) is 4.25. The summed E-state index contributed by atoms with van der Waals surface area (Å²) in [6, 6.07) is 4.91. The summed E-state index contributed by atoms with van der Waals surface area (Å²) in [5.41, 5.74) is 1.90. The molecule has 4 rings (SSSR count). The van der Waals surface area contributed by atoms with E-state index in [1.54, 1.807) is 23.5 Å². The molecule has 0 saturated carbocycles. The highest BCUT2D eigenvalue weighted by molar-refractivity contribution is 7.09. The minimum absolute atomic E-state index is 0.0136. The molecule has 0 spiro atoms. The van der Waals surface area contributed by atoms with Crippen LogP contribution in [0.4, 0.5) is 10.1 Å². The van der Waals surface area contributed by atoms with Crippen LogP contribution in [-0.2, 0) is 17.8 Å². The molecule has 1 saturated heterocycles. The molecular weight excluding hydrogens is 405 g/mol. The van der Waals surface area contributed by atoms with Crippen molar-refractivity contribution in [2.75, 3.05) is 18.0 Å². The van der Waals surface area contributed by atoms with Crippen molar-refractivity contribution in [3.05, 3.63) is 45.9 Å². The zero-order valence-corrected chi connectivity index (χ0v) is 17.8. The van der Waals surface area contributed by atoms with Gasteiger partial charge in [0.15, 0.2) is 5.82 Å². The molecule has 1 fully saturated rings. The number of piperidine rings is 1. The Bertz CT molecular complexity index is 1030. The van der Waals surface area contributed by atoms with Gasteiger partial charge in [0, 0.05) is 30.5 Å². The Balaban J connectivity index is 1.41. The van der Waals surface area contributed by atoms with Crippen LogP contribution in [0.15, 0.2) is 28.1 Å². The van der Waals surface area contributed by atoms with E-state index in [9.17, 15) is 9.18 Å². The number of nitrogens with one attached hydrogen (secondary N) is 1. The van der Waals surface area contributed by atoms with Crippen LogP contribution in [0.1, 0.15) is 36.3 Å². The standard InChI is InChI=1S/C21H24FN5O2S/c1-3-19-25-21(29-26-19)14-6-7-18(17(22)9-14)27-8-4-5-15(11-27)20(28)23-10-16-12-30-13(2)24-16/h6-7,9,12,15H,3-5,8,10-11H2,1-2H3,(H,23,28). The van der Waals surface area contributed by atoms with Gasteiger partial charge < -0.3 is 14.7 Å². The molecule has 9 heteroatoms. The number of rotatable bonds is 6. The van der Waals surface area contributed by atoms with E-state index < -0.39 is 0 Å². The SMILES string of the molecule is CCc1noc(-c2ccc(N3CCCC(C(=O)NCc4csc(C)n4)C3)c(F)c2)n1. The van der Waals surface area contributed by atoms with E-state index in [1.807, 2.05) is 24.1 Å². The zero-order chi connectivity index (χ0) is 21.1. The van der Waals surface area contributed by atoms with Crippen molar-refractivity contribution in [3.8, 4) is 11.5 Å². The number of aryl methyl sites for hydroxylation is 2. The summed E-state index contributed by atoms with van der Waals surface area (Å²) in [5.74, 6) is 0.348. The summed E-state index contributed by atoms with van der Waals surface area (Å²) in [5, 5.41) is 9.75. The van der Waals surface area contributed by atoms with Gasteiger partial charge in [0.05, 0.1) is 28.9 Å². The smallest absolute Gasteiger partial charge is 0.258 e. The van der Waals surface area contributed by atoms with E-state index in [-0.39, 0.29) is 17.6 Å². The normalized spacial score (nSPS) is 16.6. The van der Waals surface area contributed by atoms with Gasteiger partial charge in [-0.25, -0.2) is 9.37 Å². The molecule has 0 bridgehead atoms. The van der Waals surface area contributed by atoms with Crippen LogP contribution in [0.2, 0.25) is 0 Å². The molecule has 0 aliphatic carbocycles. The lowest BCUT2D eigenvalue weighted by Gasteiger charge is -2.34. The molecular formula is C21H24FN5O2S. The molecule has 1 unspecified atom stereocenters. The summed E-state index contributed by atoms with van der Waals surface area (Å²) >= 11 is 1.57. The van der Waals surface area contributed by atoms with Crippen molar-refractivity contribution in [2.24, 2.45) is 5.92 Å². The second kappa shape index (κ2) is 8.91. The molecule has 1 aromatic carbocycles. The van der Waals surface area contributed by atoms with Crippen molar-refractivity contribution < 1.29 is 13.7 Å². The van der Waals surface area contributed by atoms with Crippen LogP contribution in [-0.4, -0.2) is 34.1 Å². The van der Waals surface area contributed by atoms with Crippen molar-refractivity contribution in [1.29, 1.82) is 0 Å². The first kappa shape index (κ1) is 20.5. The van der Waals surface area contributed by atoms with Crippen molar-refractivity contribution in [3.63, 3.8) is 0 Å². The number of hydrogen-bond acceptors (Lipinski definition) is 7. The van der Waals surface area contributed by atoms with Crippen LogP contribution >= 0.6 is 11.3 Å². The molecule has 1 aliphatic rings. The summed E-state index contributed by atoms with van der Waals surface area (Å²) in [6.07, 6.45) is 2.28. The highest BCUT2D eigenvalue weighted by atomic mass is 32.1. The van der Waals surface area contributed by atoms with E-state index in [1.165, 1.54) is 6.07 Å². The Morgan fingerprint density at radius 3 is 2.97 bits per heavy atom. The minimum Gasteiger partial charge on any atom is -0.368 e. The molecule has 3 aromatic rings. The number of carbonyl (C=O) groups excluding carboxylic acids is 1. The number of hydrogen-bond donors (Lipinski definition) is 1. The van der Waals surface area contributed by atoms with Gasteiger partial charge in [-0.3, -0.25) is 4.79 Å². The minimum atomic E-state index is -0.359. The number of benzene rings is 1. The number of anilines is 1. The second-order valence-electron chi connectivity index (χ2n) is 7.40. The lowest BCUT2D eigenvalue weighted by molar-refractivity contribution is -0.125. The Morgan fingerprint density at radius 1 is 1.40 bits per heavy atom. The van der Waals surface area contributed by atoms with E-state index in [0.717, 1.165) is 23.5 Å². The maximum absolute atomic E-state index is 14.9. The first-order valence-electron chi connectivity index (χ1n) is 10.1. The van der Waals surface area contributed by atoms with Gasteiger partial charge in [0.25, 0.3) is 5.89 Å². The van der Waals surface area contributed by atoms with Gasteiger partial charge in [-0.15, -0.1) is 11.3 Å². The maximum Gasteiger partial charge on any atom is 0.258 e. The van der Waals surface area contributed by atoms with E-state index in [0.29, 0.717) is 49.0 Å². The molecule has 158 valence electrons. The van der Waals surface area contributed by atoms with Gasteiger partial charge in [0.1, 0.15) is 5.82 Å². The van der Waals surface area contributed by atoms with Gasteiger partial charge in [-0.05, 0) is 38.0 Å². The monoisotopic (exact) mass is 429 g/mol. The third kappa shape index (κ3) is 4.51. The average Bonchev–Trinajstić information content (AvgIpc) is 3.41. The molecule has 2 aromatic heterocycles. The number of aromatic nitrogens is 3. The lowest BCUT2D eigenvalue weighted by atomic mass is 9.96. The number of thiazole rings is 1. The van der Waals surface area contributed by atoms with Crippen molar-refractivity contribution in [2.45, 2.75) is 39.7 Å². The average molecular weight is 430 g/mol. The fraction of sp³-hybridized carbons (Fsp3) is 0.429. The molecule has 1 atom stereocenters. The Labute approximate surface area is 178 Å². The molecule has 3 heterocycles. The van der Waals surface area contributed by atoms with Crippen LogP contribution in [0.5, 0.6) is 0 Å².